The number of aromatic nitrogens is 2. The number of hydrogen-bond acceptors (Lipinski definition) is 5. The molecular weight excluding hydrogens is 383 g/mol. The zero-order chi connectivity index (χ0) is 18.8. The zero-order valence-electron chi connectivity index (χ0n) is 14.4. The predicted octanol–water partition coefficient (Wildman–Crippen LogP) is 4.89. The van der Waals surface area contributed by atoms with Crippen LogP contribution >= 0.6 is 23.1 Å². The summed E-state index contributed by atoms with van der Waals surface area (Å²) < 4.78 is 20.6. The molecule has 0 spiro atoms. The van der Waals surface area contributed by atoms with Crippen LogP contribution in [0.1, 0.15) is 5.56 Å². The Hall–Kier alpha value is -2.64. The third-order valence-corrected chi connectivity index (χ3v) is 5.96. The lowest BCUT2D eigenvalue weighted by Gasteiger charge is -2.12. The average Bonchev–Trinajstić information content (AvgIpc) is 3.17. The van der Waals surface area contributed by atoms with E-state index in [1.54, 1.807) is 23.8 Å². The summed E-state index contributed by atoms with van der Waals surface area (Å²) in [6.45, 7) is 0. The van der Waals surface area contributed by atoms with E-state index in [0.29, 0.717) is 21.1 Å². The molecule has 4 rings (SSSR count). The van der Waals surface area contributed by atoms with Crippen molar-refractivity contribution in [3.63, 3.8) is 0 Å². The summed E-state index contributed by atoms with van der Waals surface area (Å²) in [6.07, 6.45) is 0. The van der Waals surface area contributed by atoms with E-state index in [9.17, 15) is 9.18 Å². The Bertz CT molecular complexity index is 1140. The van der Waals surface area contributed by atoms with Crippen molar-refractivity contribution in [2.24, 2.45) is 0 Å². The number of benzene rings is 2. The van der Waals surface area contributed by atoms with Crippen LogP contribution in [0.2, 0.25) is 0 Å². The fourth-order valence-electron chi connectivity index (χ4n) is 2.68. The van der Waals surface area contributed by atoms with Crippen molar-refractivity contribution in [1.29, 1.82) is 0 Å². The van der Waals surface area contributed by atoms with Crippen LogP contribution in [-0.4, -0.2) is 16.7 Å². The number of hydrogen-bond donors (Lipinski definition) is 0. The van der Waals surface area contributed by atoms with Crippen molar-refractivity contribution < 1.29 is 9.13 Å². The fraction of sp³-hybridized carbons (Fsp3) is 0.100. The van der Waals surface area contributed by atoms with Gasteiger partial charge < -0.3 is 4.74 Å². The Morgan fingerprint density at radius 2 is 1.85 bits per heavy atom. The highest BCUT2D eigenvalue weighted by Gasteiger charge is 2.14. The molecule has 0 atom stereocenters. The van der Waals surface area contributed by atoms with Crippen LogP contribution in [0.4, 0.5) is 4.39 Å². The van der Waals surface area contributed by atoms with Gasteiger partial charge in [0.05, 0.1) is 18.3 Å². The first-order valence-electron chi connectivity index (χ1n) is 8.17. The van der Waals surface area contributed by atoms with Gasteiger partial charge in [0.1, 0.15) is 16.3 Å². The van der Waals surface area contributed by atoms with E-state index >= 15 is 0 Å². The Morgan fingerprint density at radius 1 is 1.11 bits per heavy atom. The maximum absolute atomic E-state index is 13.1. The number of fused-ring (bicyclic) bond motifs is 1. The van der Waals surface area contributed by atoms with Gasteiger partial charge in [-0.15, -0.1) is 11.3 Å². The monoisotopic (exact) mass is 398 g/mol. The number of thioether (sulfide) groups is 1. The summed E-state index contributed by atoms with van der Waals surface area (Å²) in [5, 5.41) is 2.46. The van der Waals surface area contributed by atoms with Gasteiger partial charge >= 0.3 is 0 Å². The normalized spacial score (nSPS) is 11.0. The summed E-state index contributed by atoms with van der Waals surface area (Å²) in [4.78, 5) is 17.7. The highest BCUT2D eigenvalue weighted by Crippen LogP contribution is 2.27. The predicted molar refractivity (Wildman–Crippen MR) is 108 cm³/mol. The van der Waals surface area contributed by atoms with E-state index in [4.69, 9.17) is 4.74 Å². The summed E-state index contributed by atoms with van der Waals surface area (Å²) in [7, 11) is 1.60. The second-order valence-electron chi connectivity index (χ2n) is 5.78. The molecule has 4 aromatic rings. The maximum Gasteiger partial charge on any atom is 0.276 e. The van der Waals surface area contributed by atoms with Gasteiger partial charge in [-0.1, -0.05) is 23.9 Å². The number of rotatable bonds is 5. The van der Waals surface area contributed by atoms with Crippen molar-refractivity contribution >= 4 is 33.3 Å². The van der Waals surface area contributed by atoms with E-state index in [2.05, 4.69) is 4.98 Å². The van der Waals surface area contributed by atoms with Crippen LogP contribution in [0, 0.1) is 5.82 Å². The summed E-state index contributed by atoms with van der Waals surface area (Å²) in [5.41, 5.74) is 2.28. The lowest BCUT2D eigenvalue weighted by molar-refractivity contribution is 0.414. The molecule has 0 aliphatic carbocycles. The third-order valence-electron chi connectivity index (χ3n) is 4.06. The molecule has 0 aliphatic heterocycles. The number of nitrogens with zero attached hydrogens (tertiary/aromatic N) is 2. The lowest BCUT2D eigenvalue weighted by atomic mass is 10.2. The highest BCUT2D eigenvalue weighted by atomic mass is 32.2. The van der Waals surface area contributed by atoms with E-state index in [1.807, 2.05) is 35.7 Å². The van der Waals surface area contributed by atoms with Crippen LogP contribution in [0.3, 0.4) is 0 Å². The summed E-state index contributed by atoms with van der Waals surface area (Å²) in [5.74, 6) is 1.03. The van der Waals surface area contributed by atoms with Crippen LogP contribution in [-0.2, 0) is 5.75 Å². The van der Waals surface area contributed by atoms with Crippen LogP contribution in [0.25, 0.3) is 15.9 Å². The molecule has 2 aromatic carbocycles. The summed E-state index contributed by atoms with van der Waals surface area (Å²) >= 11 is 2.83. The minimum Gasteiger partial charge on any atom is -0.497 e. The quantitative estimate of drug-likeness (QED) is 0.355. The Kier molecular flexibility index (Phi) is 4.96. The van der Waals surface area contributed by atoms with E-state index in [1.165, 1.54) is 35.2 Å². The molecule has 27 heavy (non-hydrogen) atoms. The molecule has 0 bridgehead atoms. The molecule has 0 fully saturated rings. The second kappa shape index (κ2) is 7.54. The number of halogens is 1. The van der Waals surface area contributed by atoms with Gasteiger partial charge in [0.2, 0.25) is 0 Å². The summed E-state index contributed by atoms with van der Waals surface area (Å²) in [6, 6.07) is 15.5. The smallest absolute Gasteiger partial charge is 0.276 e. The largest absolute Gasteiger partial charge is 0.497 e. The molecule has 0 unspecified atom stereocenters. The minimum absolute atomic E-state index is 0.0956. The second-order valence-corrected chi connectivity index (χ2v) is 7.64. The molecule has 0 saturated carbocycles. The SMILES string of the molecule is COc1ccc(-n2c(SCc3ccc(F)cc3)nc3ccsc3c2=O)cc1. The van der Waals surface area contributed by atoms with Crippen LogP contribution in [0.15, 0.2) is 69.9 Å². The van der Waals surface area contributed by atoms with Gasteiger partial charge in [0.25, 0.3) is 5.56 Å². The molecule has 7 heteroatoms. The van der Waals surface area contributed by atoms with Gasteiger partial charge in [-0.25, -0.2) is 9.37 Å². The van der Waals surface area contributed by atoms with Crippen molar-refractivity contribution in [1.82, 2.24) is 9.55 Å². The van der Waals surface area contributed by atoms with Crippen molar-refractivity contribution in [2.75, 3.05) is 7.11 Å². The number of methoxy groups -OCH3 is 1. The first-order valence-corrected chi connectivity index (χ1v) is 10.0. The Labute approximate surface area is 163 Å². The Balaban J connectivity index is 1.77. The minimum atomic E-state index is -0.267. The van der Waals surface area contributed by atoms with Gasteiger partial charge in [0, 0.05) is 5.75 Å². The molecule has 0 amide bonds. The Morgan fingerprint density at radius 3 is 2.56 bits per heavy atom. The maximum atomic E-state index is 13.1. The van der Waals surface area contributed by atoms with Crippen LogP contribution in [0.5, 0.6) is 5.75 Å². The molecule has 136 valence electrons. The van der Waals surface area contributed by atoms with Crippen molar-refractivity contribution in [3.05, 3.63) is 81.7 Å². The van der Waals surface area contributed by atoms with Gasteiger partial charge in [-0.05, 0) is 53.4 Å². The van der Waals surface area contributed by atoms with Crippen LogP contribution < -0.4 is 10.3 Å². The standard InChI is InChI=1S/C20H15FN2O2S2/c1-25-16-8-6-15(7-9-16)23-19(24)18-17(10-11-26-18)22-20(23)27-12-13-2-4-14(21)5-3-13/h2-11H,12H2,1H3. The molecule has 0 radical (unpaired) electrons. The molecule has 2 heterocycles. The first-order chi connectivity index (χ1) is 13.2. The number of ether oxygens (including phenoxy) is 1. The molecule has 0 N–H and O–H groups in total. The van der Waals surface area contributed by atoms with E-state index in [0.717, 1.165) is 17.0 Å². The highest BCUT2D eigenvalue weighted by molar-refractivity contribution is 7.98. The molecule has 2 aromatic heterocycles. The molecule has 0 saturated heterocycles. The van der Waals surface area contributed by atoms with E-state index in [-0.39, 0.29) is 11.4 Å². The van der Waals surface area contributed by atoms with E-state index < -0.39 is 0 Å². The zero-order valence-corrected chi connectivity index (χ0v) is 16.0. The van der Waals surface area contributed by atoms with Crippen molar-refractivity contribution in [2.45, 2.75) is 10.9 Å². The molecule has 0 aliphatic rings. The van der Waals surface area contributed by atoms with Gasteiger partial charge in [0.15, 0.2) is 5.16 Å². The topological polar surface area (TPSA) is 44.1 Å². The fourth-order valence-corrected chi connectivity index (χ4v) is 4.40. The average molecular weight is 398 g/mol. The molecule has 4 nitrogen and oxygen atoms in total. The molecular formula is C20H15FN2O2S2. The van der Waals surface area contributed by atoms with Crippen molar-refractivity contribution in [3.8, 4) is 11.4 Å². The first kappa shape index (κ1) is 17.8. The lowest BCUT2D eigenvalue weighted by Crippen LogP contribution is -2.20. The third kappa shape index (κ3) is 3.61. The van der Waals surface area contributed by atoms with Gasteiger partial charge in [-0.2, -0.15) is 0 Å². The van der Waals surface area contributed by atoms with Gasteiger partial charge in [-0.3, -0.25) is 9.36 Å². The number of thiophene rings is 1.